The molecule has 0 saturated carbocycles. The van der Waals surface area contributed by atoms with E-state index >= 15 is 0 Å². The minimum absolute atomic E-state index is 0.0540. The van der Waals surface area contributed by atoms with Crippen molar-refractivity contribution in [3.63, 3.8) is 0 Å². The average molecular weight is 459 g/mol. The third kappa shape index (κ3) is 5.57. The second-order valence-electron chi connectivity index (χ2n) is 7.08. The molecule has 0 saturated heterocycles. The van der Waals surface area contributed by atoms with Crippen LogP contribution in [0.3, 0.4) is 0 Å². The maximum Gasteiger partial charge on any atom is 0.261 e. The molecule has 0 aliphatic carbocycles. The van der Waals surface area contributed by atoms with Gasteiger partial charge in [-0.25, -0.2) is 8.42 Å². The van der Waals surface area contributed by atoms with Gasteiger partial charge in [0.25, 0.3) is 15.9 Å². The van der Waals surface area contributed by atoms with Gasteiger partial charge in [0, 0.05) is 12.2 Å². The lowest BCUT2D eigenvalue weighted by Crippen LogP contribution is -2.24. The van der Waals surface area contributed by atoms with Gasteiger partial charge in [-0.15, -0.1) is 0 Å². The van der Waals surface area contributed by atoms with E-state index < -0.39 is 15.9 Å². The molecule has 0 unspecified atom stereocenters. The van der Waals surface area contributed by atoms with Gasteiger partial charge < -0.3 is 10.1 Å². The summed E-state index contributed by atoms with van der Waals surface area (Å²) in [7, 11) is -2.33. The molecule has 3 aromatic rings. The Morgan fingerprint density at radius 1 is 1.00 bits per heavy atom. The fourth-order valence-corrected chi connectivity index (χ4v) is 4.20. The lowest BCUT2D eigenvalue weighted by molar-refractivity contribution is 0.0951. The summed E-state index contributed by atoms with van der Waals surface area (Å²) in [5, 5.41) is 2.92. The van der Waals surface area contributed by atoms with Crippen molar-refractivity contribution in [2.75, 3.05) is 11.8 Å². The Morgan fingerprint density at radius 3 is 2.48 bits per heavy atom. The Balaban J connectivity index is 1.79. The van der Waals surface area contributed by atoms with Gasteiger partial charge in [0.2, 0.25) is 0 Å². The number of halogens is 1. The Labute approximate surface area is 187 Å². The first-order valence-electron chi connectivity index (χ1n) is 9.50. The summed E-state index contributed by atoms with van der Waals surface area (Å²) < 4.78 is 33.4. The zero-order valence-corrected chi connectivity index (χ0v) is 19.0. The van der Waals surface area contributed by atoms with Crippen LogP contribution in [-0.4, -0.2) is 21.4 Å². The van der Waals surface area contributed by atoms with Gasteiger partial charge in [0.15, 0.2) is 0 Å². The van der Waals surface area contributed by atoms with Crippen LogP contribution < -0.4 is 14.8 Å². The maximum atomic E-state index is 12.8. The second-order valence-corrected chi connectivity index (χ2v) is 9.17. The number of benzene rings is 3. The predicted octanol–water partition coefficient (Wildman–Crippen LogP) is 4.70. The summed E-state index contributed by atoms with van der Waals surface area (Å²) in [6, 6.07) is 16.6. The first-order valence-corrected chi connectivity index (χ1v) is 11.4. The molecule has 0 aliphatic heterocycles. The molecule has 2 N–H and O–H groups in total. The summed E-state index contributed by atoms with van der Waals surface area (Å²) in [6.45, 7) is 4.09. The summed E-state index contributed by atoms with van der Waals surface area (Å²) in [5.41, 5.74) is 3.39. The monoisotopic (exact) mass is 458 g/mol. The van der Waals surface area contributed by atoms with E-state index in [9.17, 15) is 13.2 Å². The number of ether oxygens (including phenoxy) is 1. The van der Waals surface area contributed by atoms with Crippen LogP contribution in [0, 0.1) is 13.8 Å². The number of methoxy groups -OCH3 is 1. The van der Waals surface area contributed by atoms with Gasteiger partial charge in [-0.05, 0) is 73.0 Å². The van der Waals surface area contributed by atoms with Crippen LogP contribution in [0.1, 0.15) is 27.0 Å². The number of carbonyl (C=O) groups excluding carboxylic acids is 1. The molecule has 0 fully saturated rings. The van der Waals surface area contributed by atoms with E-state index in [-0.39, 0.29) is 22.0 Å². The number of hydrogen-bond donors (Lipinski definition) is 2. The average Bonchev–Trinajstić information content (AvgIpc) is 2.74. The number of amides is 1. The largest absolute Gasteiger partial charge is 0.497 e. The third-order valence-corrected chi connectivity index (χ3v) is 6.55. The van der Waals surface area contributed by atoms with Crippen LogP contribution in [0.4, 0.5) is 5.69 Å². The molecule has 0 aliphatic rings. The summed E-state index contributed by atoms with van der Waals surface area (Å²) in [5.74, 6) is 0.200. The number of carbonyl (C=O) groups is 1. The highest BCUT2D eigenvalue weighted by Gasteiger charge is 2.19. The van der Waals surface area contributed by atoms with Crippen LogP contribution in [0.25, 0.3) is 0 Å². The number of hydrogen-bond acceptors (Lipinski definition) is 4. The van der Waals surface area contributed by atoms with E-state index in [1.54, 1.807) is 31.4 Å². The second kappa shape index (κ2) is 9.41. The minimum atomic E-state index is -3.90. The van der Waals surface area contributed by atoms with Gasteiger partial charge in [-0.2, -0.15) is 0 Å². The minimum Gasteiger partial charge on any atom is -0.497 e. The van der Waals surface area contributed by atoms with Crippen molar-refractivity contribution in [3.8, 4) is 5.75 Å². The summed E-state index contributed by atoms with van der Waals surface area (Å²) in [6.07, 6.45) is 0. The van der Waals surface area contributed by atoms with Crippen molar-refractivity contribution in [2.45, 2.75) is 25.3 Å². The van der Waals surface area contributed by atoms with Gasteiger partial charge in [-0.1, -0.05) is 29.8 Å². The molecule has 6 nitrogen and oxygen atoms in total. The van der Waals surface area contributed by atoms with Crippen LogP contribution in [0.5, 0.6) is 5.75 Å². The fourth-order valence-electron chi connectivity index (χ4n) is 2.92. The van der Waals surface area contributed by atoms with Gasteiger partial charge in [0.1, 0.15) is 5.75 Å². The standard InChI is InChI=1S/C23H23ClN2O4S/c1-15-7-8-18(11-16(15)2)26-31(28,29)20-9-10-22(24)21(13-20)23(27)25-14-17-5-4-6-19(12-17)30-3/h4-13,26H,14H2,1-3H3,(H,25,27). The maximum absolute atomic E-state index is 12.8. The van der Waals surface area contributed by atoms with Crippen molar-refractivity contribution in [3.05, 3.63) is 87.9 Å². The normalized spacial score (nSPS) is 11.1. The van der Waals surface area contributed by atoms with Crippen LogP contribution >= 0.6 is 11.6 Å². The number of rotatable bonds is 7. The molecule has 0 heterocycles. The highest BCUT2D eigenvalue weighted by molar-refractivity contribution is 7.92. The van der Waals surface area contributed by atoms with E-state index in [1.807, 2.05) is 32.0 Å². The summed E-state index contributed by atoms with van der Waals surface area (Å²) in [4.78, 5) is 12.6. The fraction of sp³-hybridized carbons (Fsp3) is 0.174. The molecule has 0 bridgehead atoms. The quantitative estimate of drug-likeness (QED) is 0.537. The third-order valence-electron chi connectivity index (χ3n) is 4.84. The van der Waals surface area contributed by atoms with Crippen LogP contribution in [0.15, 0.2) is 65.6 Å². The Bertz CT molecular complexity index is 1230. The van der Waals surface area contributed by atoms with Crippen molar-refractivity contribution in [2.24, 2.45) is 0 Å². The van der Waals surface area contributed by atoms with Gasteiger partial charge in [-0.3, -0.25) is 9.52 Å². The first-order chi connectivity index (χ1) is 14.7. The number of sulfonamides is 1. The number of nitrogens with one attached hydrogen (secondary N) is 2. The van der Waals surface area contributed by atoms with Crippen molar-refractivity contribution in [1.29, 1.82) is 0 Å². The molecule has 0 atom stereocenters. The van der Waals surface area contributed by atoms with E-state index in [1.165, 1.54) is 18.2 Å². The Hall–Kier alpha value is -3.03. The van der Waals surface area contributed by atoms with Crippen molar-refractivity contribution in [1.82, 2.24) is 5.32 Å². The highest BCUT2D eigenvalue weighted by Crippen LogP contribution is 2.24. The van der Waals surface area contributed by atoms with Crippen molar-refractivity contribution >= 4 is 33.2 Å². The highest BCUT2D eigenvalue weighted by atomic mass is 35.5. The van der Waals surface area contributed by atoms with E-state index in [0.29, 0.717) is 11.4 Å². The Kier molecular flexibility index (Phi) is 6.87. The topological polar surface area (TPSA) is 84.5 Å². The molecule has 162 valence electrons. The van der Waals surface area contributed by atoms with Crippen LogP contribution in [0.2, 0.25) is 5.02 Å². The van der Waals surface area contributed by atoms with E-state index in [4.69, 9.17) is 16.3 Å². The molecule has 8 heteroatoms. The molecule has 1 amide bonds. The molecule has 0 radical (unpaired) electrons. The van der Waals surface area contributed by atoms with Crippen molar-refractivity contribution < 1.29 is 17.9 Å². The predicted molar refractivity (Wildman–Crippen MR) is 122 cm³/mol. The first kappa shape index (κ1) is 22.7. The number of anilines is 1. The zero-order chi connectivity index (χ0) is 22.6. The lowest BCUT2D eigenvalue weighted by Gasteiger charge is -2.12. The Morgan fingerprint density at radius 2 is 1.77 bits per heavy atom. The smallest absolute Gasteiger partial charge is 0.261 e. The number of aryl methyl sites for hydroxylation is 2. The van der Waals surface area contributed by atoms with Gasteiger partial charge >= 0.3 is 0 Å². The molecule has 0 aromatic heterocycles. The van der Waals surface area contributed by atoms with Gasteiger partial charge in [0.05, 0.1) is 22.6 Å². The molecule has 3 rings (SSSR count). The molecule has 31 heavy (non-hydrogen) atoms. The SMILES string of the molecule is COc1cccc(CNC(=O)c2cc(S(=O)(=O)Nc3ccc(C)c(C)c3)ccc2Cl)c1. The van der Waals surface area contributed by atoms with E-state index in [2.05, 4.69) is 10.0 Å². The lowest BCUT2D eigenvalue weighted by atomic mass is 10.1. The molecular weight excluding hydrogens is 436 g/mol. The van der Waals surface area contributed by atoms with Crippen LogP contribution in [-0.2, 0) is 16.6 Å². The summed E-state index contributed by atoms with van der Waals surface area (Å²) >= 11 is 6.17. The molecular formula is C23H23ClN2O4S. The zero-order valence-electron chi connectivity index (χ0n) is 17.4. The molecule has 0 spiro atoms. The van der Waals surface area contributed by atoms with E-state index in [0.717, 1.165) is 16.7 Å². The molecule has 3 aromatic carbocycles.